The van der Waals surface area contributed by atoms with Crippen molar-refractivity contribution < 1.29 is 4.79 Å². The zero-order valence-corrected chi connectivity index (χ0v) is 11.6. The Labute approximate surface area is 114 Å². The summed E-state index contributed by atoms with van der Waals surface area (Å²) in [5.74, 6) is -0.0117. The van der Waals surface area contributed by atoms with Crippen LogP contribution in [0, 0.1) is 0 Å². The highest BCUT2D eigenvalue weighted by Crippen LogP contribution is 2.25. The van der Waals surface area contributed by atoms with Crippen molar-refractivity contribution in [2.45, 2.75) is 25.3 Å². The first kappa shape index (κ1) is 12.9. The quantitative estimate of drug-likeness (QED) is 0.876. The number of anilines is 1. The zero-order valence-electron chi connectivity index (χ0n) is 9.30. The number of carbonyl (C=O) groups excluding carboxylic acids is 1. The minimum Gasteiger partial charge on any atom is -0.325 e. The molecule has 1 aromatic carbocycles. The lowest BCUT2D eigenvalue weighted by Gasteiger charge is -2.07. The van der Waals surface area contributed by atoms with Gasteiger partial charge in [-0.3, -0.25) is 4.79 Å². The van der Waals surface area contributed by atoms with Crippen LogP contribution in [0.15, 0.2) is 22.7 Å². The molecule has 2 rings (SSSR count). The standard InChI is InChI=1S/C12H14BrClN2O/c13-8-1-4-11(10(14)7-8)16-12(17)5-6-15-9-2-3-9/h1,4,7,9,15H,2-3,5-6H2,(H,16,17). The van der Waals surface area contributed by atoms with Gasteiger partial charge < -0.3 is 10.6 Å². The molecule has 0 atom stereocenters. The van der Waals surface area contributed by atoms with E-state index >= 15 is 0 Å². The topological polar surface area (TPSA) is 41.1 Å². The summed E-state index contributed by atoms with van der Waals surface area (Å²) in [6, 6.07) is 6.04. The van der Waals surface area contributed by atoms with Gasteiger partial charge in [0.15, 0.2) is 0 Å². The maximum atomic E-state index is 11.6. The van der Waals surface area contributed by atoms with Gasteiger partial charge in [-0.2, -0.15) is 0 Å². The van der Waals surface area contributed by atoms with Gasteiger partial charge >= 0.3 is 0 Å². The maximum Gasteiger partial charge on any atom is 0.225 e. The SMILES string of the molecule is O=C(CCNC1CC1)Nc1ccc(Br)cc1Cl. The van der Waals surface area contributed by atoms with Crippen LogP contribution in [0.1, 0.15) is 19.3 Å². The predicted molar refractivity (Wildman–Crippen MR) is 73.4 cm³/mol. The van der Waals surface area contributed by atoms with Crippen LogP contribution in [0.5, 0.6) is 0 Å². The van der Waals surface area contributed by atoms with Crippen molar-refractivity contribution in [3.05, 3.63) is 27.7 Å². The second-order valence-corrected chi connectivity index (χ2v) is 5.47. The van der Waals surface area contributed by atoms with Crippen molar-refractivity contribution in [3.63, 3.8) is 0 Å². The van der Waals surface area contributed by atoms with Gasteiger partial charge in [0.05, 0.1) is 10.7 Å². The third-order valence-electron chi connectivity index (χ3n) is 2.57. The predicted octanol–water partition coefficient (Wildman–Crippen LogP) is 3.18. The number of rotatable bonds is 5. The van der Waals surface area contributed by atoms with Gasteiger partial charge in [-0.05, 0) is 31.0 Å². The molecule has 1 aromatic rings. The van der Waals surface area contributed by atoms with Crippen LogP contribution in [0.4, 0.5) is 5.69 Å². The largest absolute Gasteiger partial charge is 0.325 e. The molecule has 92 valence electrons. The average Bonchev–Trinajstić information content (AvgIpc) is 3.06. The number of halogens is 2. The smallest absolute Gasteiger partial charge is 0.225 e. The second kappa shape index (κ2) is 5.85. The molecular formula is C12H14BrClN2O. The van der Waals surface area contributed by atoms with E-state index in [2.05, 4.69) is 26.6 Å². The summed E-state index contributed by atoms with van der Waals surface area (Å²) in [6.45, 7) is 0.727. The number of carbonyl (C=O) groups is 1. The minimum absolute atomic E-state index is 0.0117. The summed E-state index contributed by atoms with van der Waals surface area (Å²) >= 11 is 9.33. The summed E-state index contributed by atoms with van der Waals surface area (Å²) in [4.78, 5) is 11.6. The Kier molecular flexibility index (Phi) is 4.42. The van der Waals surface area contributed by atoms with Crippen LogP contribution in [-0.2, 0) is 4.79 Å². The molecule has 0 aromatic heterocycles. The molecule has 0 unspecified atom stereocenters. The van der Waals surface area contributed by atoms with Crippen molar-refractivity contribution in [2.24, 2.45) is 0 Å². The van der Waals surface area contributed by atoms with Gasteiger partial charge in [0.1, 0.15) is 0 Å². The van der Waals surface area contributed by atoms with Crippen molar-refractivity contribution in [1.29, 1.82) is 0 Å². The molecule has 5 heteroatoms. The van der Waals surface area contributed by atoms with Gasteiger partial charge in [0.25, 0.3) is 0 Å². The molecule has 17 heavy (non-hydrogen) atoms. The first-order valence-electron chi connectivity index (χ1n) is 5.63. The van der Waals surface area contributed by atoms with E-state index < -0.39 is 0 Å². The van der Waals surface area contributed by atoms with E-state index in [-0.39, 0.29) is 5.91 Å². The Morgan fingerprint density at radius 3 is 2.88 bits per heavy atom. The fourth-order valence-electron chi connectivity index (χ4n) is 1.48. The van der Waals surface area contributed by atoms with E-state index in [4.69, 9.17) is 11.6 Å². The molecular weight excluding hydrogens is 304 g/mol. The van der Waals surface area contributed by atoms with Gasteiger partial charge in [-0.1, -0.05) is 27.5 Å². The fourth-order valence-corrected chi connectivity index (χ4v) is 2.20. The highest BCUT2D eigenvalue weighted by atomic mass is 79.9. The maximum absolute atomic E-state index is 11.6. The van der Waals surface area contributed by atoms with E-state index in [1.54, 1.807) is 12.1 Å². The summed E-state index contributed by atoms with van der Waals surface area (Å²) < 4.78 is 0.899. The Morgan fingerprint density at radius 1 is 1.47 bits per heavy atom. The molecule has 1 aliphatic rings. The van der Waals surface area contributed by atoms with Crippen molar-refractivity contribution in [3.8, 4) is 0 Å². The van der Waals surface area contributed by atoms with Gasteiger partial charge in [0.2, 0.25) is 5.91 Å². The average molecular weight is 318 g/mol. The first-order valence-corrected chi connectivity index (χ1v) is 6.80. The summed E-state index contributed by atoms with van der Waals surface area (Å²) in [7, 11) is 0. The highest BCUT2D eigenvalue weighted by molar-refractivity contribution is 9.10. The van der Waals surface area contributed by atoms with Crippen molar-refractivity contribution in [1.82, 2.24) is 5.32 Å². The van der Waals surface area contributed by atoms with E-state index in [1.807, 2.05) is 6.07 Å². The van der Waals surface area contributed by atoms with Gasteiger partial charge in [0, 0.05) is 23.5 Å². The Bertz CT molecular complexity index is 421. The zero-order chi connectivity index (χ0) is 12.3. The molecule has 0 aliphatic heterocycles. The van der Waals surface area contributed by atoms with Crippen LogP contribution in [0.2, 0.25) is 5.02 Å². The lowest BCUT2D eigenvalue weighted by atomic mass is 10.3. The lowest BCUT2D eigenvalue weighted by Crippen LogP contribution is -2.23. The van der Waals surface area contributed by atoms with Gasteiger partial charge in [-0.15, -0.1) is 0 Å². The Hall–Kier alpha value is -0.580. The van der Waals surface area contributed by atoms with Crippen molar-refractivity contribution >= 4 is 39.1 Å². The summed E-state index contributed by atoms with van der Waals surface area (Å²) in [6.07, 6.45) is 2.95. The number of nitrogens with one attached hydrogen (secondary N) is 2. The van der Waals surface area contributed by atoms with Crippen LogP contribution in [0.25, 0.3) is 0 Å². The summed E-state index contributed by atoms with van der Waals surface area (Å²) in [5, 5.41) is 6.64. The Morgan fingerprint density at radius 2 is 2.24 bits per heavy atom. The van der Waals surface area contributed by atoms with E-state index in [0.29, 0.717) is 23.2 Å². The Balaban J connectivity index is 1.79. The third-order valence-corrected chi connectivity index (χ3v) is 3.37. The van der Waals surface area contributed by atoms with Crippen molar-refractivity contribution in [2.75, 3.05) is 11.9 Å². The molecule has 3 nitrogen and oxygen atoms in total. The monoisotopic (exact) mass is 316 g/mol. The molecule has 0 saturated heterocycles. The molecule has 1 saturated carbocycles. The third kappa shape index (κ3) is 4.30. The number of hydrogen-bond acceptors (Lipinski definition) is 2. The summed E-state index contributed by atoms with van der Waals surface area (Å²) in [5.41, 5.74) is 0.659. The van der Waals surface area contributed by atoms with Crippen LogP contribution >= 0.6 is 27.5 Å². The van der Waals surface area contributed by atoms with Crippen LogP contribution < -0.4 is 10.6 Å². The second-order valence-electron chi connectivity index (χ2n) is 4.15. The number of amides is 1. The van der Waals surface area contributed by atoms with Gasteiger partial charge in [-0.25, -0.2) is 0 Å². The van der Waals surface area contributed by atoms with Crippen LogP contribution in [-0.4, -0.2) is 18.5 Å². The first-order chi connectivity index (χ1) is 8.15. The van der Waals surface area contributed by atoms with Crippen LogP contribution in [0.3, 0.4) is 0 Å². The molecule has 1 fully saturated rings. The normalized spacial score (nSPS) is 14.7. The lowest BCUT2D eigenvalue weighted by molar-refractivity contribution is -0.116. The molecule has 1 aliphatic carbocycles. The van der Waals surface area contributed by atoms with E-state index in [0.717, 1.165) is 11.0 Å². The van der Waals surface area contributed by atoms with E-state index in [1.165, 1.54) is 12.8 Å². The molecule has 0 bridgehead atoms. The molecule has 1 amide bonds. The highest BCUT2D eigenvalue weighted by Gasteiger charge is 2.20. The number of benzene rings is 1. The number of hydrogen-bond donors (Lipinski definition) is 2. The molecule has 0 heterocycles. The fraction of sp³-hybridized carbons (Fsp3) is 0.417. The molecule has 2 N–H and O–H groups in total. The van der Waals surface area contributed by atoms with E-state index in [9.17, 15) is 4.79 Å². The molecule has 0 spiro atoms. The molecule has 0 radical (unpaired) electrons. The minimum atomic E-state index is -0.0117.